The van der Waals surface area contributed by atoms with Gasteiger partial charge in [0.05, 0.1) is 5.56 Å². The van der Waals surface area contributed by atoms with Crippen LogP contribution >= 0.6 is 11.8 Å². The van der Waals surface area contributed by atoms with Crippen molar-refractivity contribution >= 4 is 53.1 Å². The Labute approximate surface area is 439 Å². The molecule has 0 bridgehead atoms. The smallest absolute Gasteiger partial charge is 0.329 e. The van der Waals surface area contributed by atoms with Gasteiger partial charge in [0, 0.05) is 42.9 Å². The van der Waals surface area contributed by atoms with Crippen LogP contribution in [0.2, 0.25) is 0 Å². The molecule has 2 amide bonds. The molecule has 0 aromatic heterocycles. The fraction of sp³-hybridized carbons (Fsp3) is 0.793. The summed E-state index contributed by atoms with van der Waals surface area (Å²) in [7, 11) is 0. The third-order valence-electron chi connectivity index (χ3n) is 12.0. The van der Waals surface area contributed by atoms with Gasteiger partial charge in [-0.2, -0.15) is 11.8 Å². The average molecular weight is 1040 g/mol. The van der Waals surface area contributed by atoms with E-state index in [1.54, 1.807) is 41.5 Å². The first-order valence-electron chi connectivity index (χ1n) is 28.1. The summed E-state index contributed by atoms with van der Waals surface area (Å²) in [6.07, 6.45) is 31.2. The van der Waals surface area contributed by atoms with Crippen LogP contribution in [0.4, 0.5) is 10.1 Å². The van der Waals surface area contributed by atoms with Crippen LogP contribution in [0.25, 0.3) is 0 Å². The van der Waals surface area contributed by atoms with E-state index in [1.807, 2.05) is 0 Å². The van der Waals surface area contributed by atoms with E-state index in [-0.39, 0.29) is 49.1 Å². The molecule has 1 aromatic rings. The molecule has 2 atom stereocenters. The number of amides is 2. The lowest BCUT2D eigenvalue weighted by Gasteiger charge is -2.25. The molecule has 414 valence electrons. The number of rotatable bonds is 43. The SMILES string of the molecule is CCCCCCCCCCCCCCCC(=O)OCC(CSCCC(=O)Nc1ccc(C(=O)NC(CCC(=O)OC(C)(C)C)C(=O)OC(C)(C)C)c(F)c1)OC(=O)CCCCCCCCCCCCCCC. The van der Waals surface area contributed by atoms with Gasteiger partial charge in [-0.3, -0.25) is 24.0 Å². The van der Waals surface area contributed by atoms with Gasteiger partial charge in [0.1, 0.15) is 35.8 Å². The molecule has 2 N–H and O–H groups in total. The first-order valence-corrected chi connectivity index (χ1v) is 29.3. The largest absolute Gasteiger partial charge is 0.462 e. The number of thioether (sulfide) groups is 1. The summed E-state index contributed by atoms with van der Waals surface area (Å²) in [5, 5.41) is 5.14. The van der Waals surface area contributed by atoms with Crippen LogP contribution in [0.5, 0.6) is 0 Å². The average Bonchev–Trinajstić information content (AvgIpc) is 3.30. The van der Waals surface area contributed by atoms with Crippen molar-refractivity contribution in [3.05, 3.63) is 29.6 Å². The Morgan fingerprint density at radius 1 is 0.569 bits per heavy atom. The van der Waals surface area contributed by atoms with Crippen molar-refractivity contribution in [2.24, 2.45) is 0 Å². The first-order chi connectivity index (χ1) is 34.3. The summed E-state index contributed by atoms with van der Waals surface area (Å²) in [4.78, 5) is 77.2. The Morgan fingerprint density at radius 2 is 1.03 bits per heavy atom. The molecule has 2 unspecified atom stereocenters. The van der Waals surface area contributed by atoms with Gasteiger partial charge in [0.15, 0.2) is 0 Å². The molecule has 0 saturated carbocycles. The van der Waals surface area contributed by atoms with Gasteiger partial charge in [0.2, 0.25) is 5.91 Å². The quantitative estimate of drug-likeness (QED) is 0.0363. The number of esters is 4. The molecule has 0 radical (unpaired) electrons. The highest BCUT2D eigenvalue weighted by Gasteiger charge is 2.29. The van der Waals surface area contributed by atoms with Gasteiger partial charge in [-0.15, -0.1) is 0 Å². The zero-order chi connectivity index (χ0) is 53.5. The number of halogens is 1. The molecular weight excluding hydrogens is 936 g/mol. The van der Waals surface area contributed by atoms with Gasteiger partial charge in [-0.05, 0) is 79.0 Å². The number of hydrogen-bond donors (Lipinski definition) is 2. The molecule has 0 saturated heterocycles. The zero-order valence-electron chi connectivity index (χ0n) is 46.3. The molecule has 0 fully saturated rings. The van der Waals surface area contributed by atoms with Crippen LogP contribution in [0.1, 0.15) is 265 Å². The van der Waals surface area contributed by atoms with Gasteiger partial charge in [-0.25, -0.2) is 9.18 Å². The minimum absolute atomic E-state index is 0.0533. The number of hydrogen-bond acceptors (Lipinski definition) is 11. The zero-order valence-corrected chi connectivity index (χ0v) is 47.1. The molecule has 0 spiro atoms. The van der Waals surface area contributed by atoms with E-state index < -0.39 is 52.9 Å². The van der Waals surface area contributed by atoms with Crippen molar-refractivity contribution < 1.29 is 52.1 Å². The van der Waals surface area contributed by atoms with Crippen LogP contribution in [0, 0.1) is 5.82 Å². The first kappa shape index (κ1) is 66.3. The number of ether oxygens (including phenoxy) is 4. The molecule has 72 heavy (non-hydrogen) atoms. The minimum Gasteiger partial charge on any atom is -0.462 e. The Kier molecular flexibility index (Phi) is 37.5. The van der Waals surface area contributed by atoms with Crippen molar-refractivity contribution in [3.8, 4) is 0 Å². The monoisotopic (exact) mass is 1030 g/mol. The molecule has 12 nitrogen and oxygen atoms in total. The Hall–Kier alpha value is -3.68. The summed E-state index contributed by atoms with van der Waals surface area (Å²) in [6, 6.07) is 2.34. The Bertz CT molecular complexity index is 1660. The van der Waals surface area contributed by atoms with E-state index >= 15 is 4.39 Å². The molecule has 1 rings (SSSR count). The molecule has 0 aliphatic carbocycles. The summed E-state index contributed by atoms with van der Waals surface area (Å²) in [6.45, 7) is 14.6. The number of unbranched alkanes of at least 4 members (excludes halogenated alkanes) is 24. The fourth-order valence-electron chi connectivity index (χ4n) is 8.09. The van der Waals surface area contributed by atoms with Crippen molar-refractivity contribution in [3.63, 3.8) is 0 Å². The highest BCUT2D eigenvalue weighted by molar-refractivity contribution is 7.99. The molecular formula is C58H99FN2O10S. The highest BCUT2D eigenvalue weighted by Crippen LogP contribution is 2.20. The lowest BCUT2D eigenvalue weighted by atomic mass is 10.0. The molecule has 1 aromatic carbocycles. The van der Waals surface area contributed by atoms with Crippen molar-refractivity contribution in [1.29, 1.82) is 0 Å². The number of carbonyl (C=O) groups excluding carboxylic acids is 6. The van der Waals surface area contributed by atoms with E-state index in [9.17, 15) is 28.8 Å². The Balaban J connectivity index is 2.67. The number of benzene rings is 1. The van der Waals surface area contributed by atoms with Crippen LogP contribution in [0.15, 0.2) is 18.2 Å². The lowest BCUT2D eigenvalue weighted by Crippen LogP contribution is -2.44. The third kappa shape index (κ3) is 38.0. The second-order valence-corrected chi connectivity index (χ2v) is 22.7. The summed E-state index contributed by atoms with van der Waals surface area (Å²) in [5.74, 6) is -3.53. The van der Waals surface area contributed by atoms with Crippen LogP contribution in [-0.4, -0.2) is 77.2 Å². The van der Waals surface area contributed by atoms with Crippen LogP contribution in [0.3, 0.4) is 0 Å². The van der Waals surface area contributed by atoms with Crippen molar-refractivity contribution in [2.75, 3.05) is 23.4 Å². The fourth-order valence-corrected chi connectivity index (χ4v) is 9.01. The summed E-state index contributed by atoms with van der Waals surface area (Å²) in [5.41, 5.74) is -1.86. The maximum atomic E-state index is 15.3. The molecule has 0 aliphatic heterocycles. The number of carbonyl (C=O) groups is 6. The second kappa shape index (κ2) is 40.7. The summed E-state index contributed by atoms with van der Waals surface area (Å²) >= 11 is 1.39. The third-order valence-corrected chi connectivity index (χ3v) is 13.1. The molecule has 0 heterocycles. The van der Waals surface area contributed by atoms with Gasteiger partial charge >= 0.3 is 23.9 Å². The van der Waals surface area contributed by atoms with E-state index in [2.05, 4.69) is 24.5 Å². The highest BCUT2D eigenvalue weighted by atomic mass is 32.2. The number of anilines is 1. The van der Waals surface area contributed by atoms with Gasteiger partial charge in [0.25, 0.3) is 5.91 Å². The van der Waals surface area contributed by atoms with Crippen molar-refractivity contribution in [2.45, 2.75) is 278 Å². The van der Waals surface area contributed by atoms with E-state index in [4.69, 9.17) is 18.9 Å². The standard InChI is InChI=1S/C58H99FN2O10S/c1-9-11-13-15-17-19-21-23-25-27-29-31-33-35-52(63)68-44-47(69-53(64)36-34-32-30-28-26-24-22-20-18-16-14-12-10-2)45-72-42-41-51(62)60-46-37-38-48(49(59)43-46)55(66)61-50(56(67)71-58(6,7)8)39-40-54(65)70-57(3,4)5/h37-38,43,47,50H,9-36,39-42,44-45H2,1-8H3,(H,60,62)(H,61,66). The van der Waals surface area contributed by atoms with E-state index in [0.717, 1.165) is 44.6 Å². The van der Waals surface area contributed by atoms with Gasteiger partial charge < -0.3 is 29.6 Å². The Morgan fingerprint density at radius 3 is 1.49 bits per heavy atom. The predicted octanol–water partition coefficient (Wildman–Crippen LogP) is 14.9. The maximum Gasteiger partial charge on any atom is 0.329 e. The second-order valence-electron chi connectivity index (χ2n) is 21.5. The minimum atomic E-state index is -1.26. The van der Waals surface area contributed by atoms with Gasteiger partial charge in [-0.1, -0.05) is 168 Å². The predicted molar refractivity (Wildman–Crippen MR) is 291 cm³/mol. The topological polar surface area (TPSA) is 163 Å². The molecule has 0 aliphatic rings. The van der Waals surface area contributed by atoms with Crippen LogP contribution < -0.4 is 10.6 Å². The van der Waals surface area contributed by atoms with Crippen LogP contribution in [-0.2, 0) is 42.9 Å². The lowest BCUT2D eigenvalue weighted by molar-refractivity contribution is -0.158. The van der Waals surface area contributed by atoms with E-state index in [1.165, 1.54) is 152 Å². The number of nitrogens with one attached hydrogen (secondary N) is 2. The van der Waals surface area contributed by atoms with Crippen molar-refractivity contribution in [1.82, 2.24) is 5.32 Å². The van der Waals surface area contributed by atoms with E-state index in [0.29, 0.717) is 24.3 Å². The molecule has 14 heteroatoms. The normalized spacial score (nSPS) is 12.5. The maximum absolute atomic E-state index is 15.3. The summed E-state index contributed by atoms with van der Waals surface area (Å²) < 4.78 is 37.5.